The minimum Gasteiger partial charge on any atom is -0.497 e. The van der Waals surface area contributed by atoms with Crippen LogP contribution in [0.1, 0.15) is 23.2 Å². The summed E-state index contributed by atoms with van der Waals surface area (Å²) in [5, 5.41) is 2.68. The second-order valence-electron chi connectivity index (χ2n) is 7.14. The molecular formula is C21H23N3O5. The van der Waals surface area contributed by atoms with Gasteiger partial charge in [-0.3, -0.25) is 9.59 Å². The first-order valence-electron chi connectivity index (χ1n) is 9.61. The molecule has 8 heteroatoms. The number of piperidine rings is 1. The van der Waals surface area contributed by atoms with Gasteiger partial charge in [0.05, 0.1) is 19.3 Å². The standard InChI is InChI=1S/C21H23N3O5/c1-27-16-2-4-17(5-3-16)28-12-14-6-8-24(9-7-14)21(26)15-10-18-20(22-11-15)29-13-19(25)23-18/h2-5,10-11,14H,6-9,12-13H2,1H3,(H,23,25). The van der Waals surface area contributed by atoms with Crippen molar-refractivity contribution >= 4 is 17.5 Å². The van der Waals surface area contributed by atoms with Crippen LogP contribution in [0.2, 0.25) is 0 Å². The Hall–Kier alpha value is -3.29. The van der Waals surface area contributed by atoms with Gasteiger partial charge in [0.2, 0.25) is 5.88 Å². The number of hydrogen-bond donors (Lipinski definition) is 1. The zero-order valence-electron chi connectivity index (χ0n) is 16.2. The molecule has 8 nitrogen and oxygen atoms in total. The van der Waals surface area contributed by atoms with Gasteiger partial charge >= 0.3 is 0 Å². The molecule has 1 aromatic carbocycles. The Morgan fingerprint density at radius 1 is 1.24 bits per heavy atom. The summed E-state index contributed by atoms with van der Waals surface area (Å²) in [6.07, 6.45) is 3.25. The lowest BCUT2D eigenvalue weighted by Gasteiger charge is -2.32. The lowest BCUT2D eigenvalue weighted by atomic mass is 9.97. The van der Waals surface area contributed by atoms with E-state index in [0.717, 1.165) is 24.3 Å². The predicted molar refractivity (Wildman–Crippen MR) is 105 cm³/mol. The largest absolute Gasteiger partial charge is 0.497 e. The summed E-state index contributed by atoms with van der Waals surface area (Å²) in [7, 11) is 1.63. The third-order valence-corrected chi connectivity index (χ3v) is 5.16. The van der Waals surface area contributed by atoms with E-state index in [2.05, 4.69) is 10.3 Å². The van der Waals surface area contributed by atoms with E-state index in [0.29, 0.717) is 42.7 Å². The number of fused-ring (bicyclic) bond motifs is 1. The summed E-state index contributed by atoms with van der Waals surface area (Å²) in [4.78, 5) is 30.2. The Kier molecular flexibility index (Phi) is 5.50. The van der Waals surface area contributed by atoms with E-state index in [1.54, 1.807) is 13.2 Å². The van der Waals surface area contributed by atoms with Crippen molar-refractivity contribution in [3.63, 3.8) is 0 Å². The third kappa shape index (κ3) is 4.42. The van der Waals surface area contributed by atoms with Crippen molar-refractivity contribution < 1.29 is 23.8 Å². The number of aromatic nitrogens is 1. The van der Waals surface area contributed by atoms with Gasteiger partial charge in [-0.15, -0.1) is 0 Å². The molecule has 2 aromatic rings. The molecule has 1 N–H and O–H groups in total. The Bertz CT molecular complexity index is 892. The van der Waals surface area contributed by atoms with Crippen molar-refractivity contribution in [1.29, 1.82) is 0 Å². The van der Waals surface area contributed by atoms with E-state index in [-0.39, 0.29) is 18.4 Å². The van der Waals surface area contributed by atoms with E-state index < -0.39 is 0 Å². The van der Waals surface area contributed by atoms with Gasteiger partial charge in [-0.1, -0.05) is 0 Å². The molecule has 29 heavy (non-hydrogen) atoms. The number of carbonyl (C=O) groups excluding carboxylic acids is 2. The highest BCUT2D eigenvalue weighted by atomic mass is 16.5. The number of methoxy groups -OCH3 is 1. The average Bonchev–Trinajstić information content (AvgIpc) is 2.77. The molecule has 1 aromatic heterocycles. The molecule has 0 aliphatic carbocycles. The molecular weight excluding hydrogens is 374 g/mol. The van der Waals surface area contributed by atoms with E-state index in [9.17, 15) is 9.59 Å². The quantitative estimate of drug-likeness (QED) is 0.833. The Morgan fingerprint density at radius 3 is 2.69 bits per heavy atom. The number of benzene rings is 1. The fourth-order valence-electron chi connectivity index (χ4n) is 3.47. The van der Waals surface area contributed by atoms with Crippen LogP contribution in [0.15, 0.2) is 36.5 Å². The third-order valence-electron chi connectivity index (χ3n) is 5.16. The summed E-state index contributed by atoms with van der Waals surface area (Å²) in [6.45, 7) is 1.89. The van der Waals surface area contributed by atoms with E-state index >= 15 is 0 Å². The van der Waals surface area contributed by atoms with Gasteiger partial charge in [-0.05, 0) is 49.1 Å². The lowest BCUT2D eigenvalue weighted by molar-refractivity contribution is -0.118. The van der Waals surface area contributed by atoms with E-state index in [1.807, 2.05) is 29.2 Å². The number of nitrogens with one attached hydrogen (secondary N) is 1. The minimum atomic E-state index is -0.249. The second-order valence-corrected chi connectivity index (χ2v) is 7.14. The SMILES string of the molecule is COc1ccc(OCC2CCN(C(=O)c3cnc4c(c3)NC(=O)CO4)CC2)cc1. The summed E-state index contributed by atoms with van der Waals surface area (Å²) in [5.41, 5.74) is 0.886. The van der Waals surface area contributed by atoms with E-state index in [1.165, 1.54) is 6.20 Å². The van der Waals surface area contributed by atoms with Crippen LogP contribution in [0.3, 0.4) is 0 Å². The van der Waals surface area contributed by atoms with Crippen LogP contribution in [-0.2, 0) is 4.79 Å². The number of anilines is 1. The van der Waals surface area contributed by atoms with Crippen LogP contribution in [0.4, 0.5) is 5.69 Å². The van der Waals surface area contributed by atoms with Gasteiger partial charge in [0.15, 0.2) is 6.61 Å². The summed E-state index contributed by atoms with van der Waals surface area (Å²) in [5.74, 6) is 2.02. The Balaban J connectivity index is 1.29. The van der Waals surface area contributed by atoms with Crippen LogP contribution in [0.5, 0.6) is 17.4 Å². The van der Waals surface area contributed by atoms with Crippen molar-refractivity contribution in [3.05, 3.63) is 42.1 Å². The highest BCUT2D eigenvalue weighted by Crippen LogP contribution is 2.27. The van der Waals surface area contributed by atoms with Gasteiger partial charge in [0.25, 0.3) is 11.8 Å². The molecule has 0 saturated carbocycles. The normalized spacial score (nSPS) is 16.4. The summed E-state index contributed by atoms with van der Waals surface area (Å²) >= 11 is 0. The molecule has 4 rings (SSSR count). The Labute approximate surface area is 168 Å². The fraction of sp³-hybridized carbons (Fsp3) is 0.381. The van der Waals surface area contributed by atoms with Crippen LogP contribution < -0.4 is 19.5 Å². The monoisotopic (exact) mass is 397 g/mol. The average molecular weight is 397 g/mol. The molecule has 2 aliphatic heterocycles. The topological polar surface area (TPSA) is 90.0 Å². The Morgan fingerprint density at radius 2 is 1.97 bits per heavy atom. The molecule has 2 aliphatic rings. The second kappa shape index (κ2) is 8.38. The maximum absolute atomic E-state index is 12.8. The molecule has 0 bridgehead atoms. The fourth-order valence-corrected chi connectivity index (χ4v) is 3.47. The number of ether oxygens (including phenoxy) is 3. The first-order valence-corrected chi connectivity index (χ1v) is 9.61. The van der Waals surface area contributed by atoms with Crippen LogP contribution in [-0.4, -0.2) is 55.1 Å². The smallest absolute Gasteiger partial charge is 0.262 e. The number of rotatable bonds is 5. The van der Waals surface area contributed by atoms with Gasteiger partial charge in [-0.2, -0.15) is 0 Å². The lowest BCUT2D eigenvalue weighted by Crippen LogP contribution is -2.39. The number of likely N-dealkylation sites (tertiary alicyclic amines) is 1. The number of carbonyl (C=O) groups is 2. The van der Waals surface area contributed by atoms with Gasteiger partial charge < -0.3 is 24.4 Å². The number of nitrogens with zero attached hydrogens (tertiary/aromatic N) is 2. The molecule has 0 unspecified atom stereocenters. The maximum Gasteiger partial charge on any atom is 0.262 e. The van der Waals surface area contributed by atoms with Crippen molar-refractivity contribution in [2.24, 2.45) is 5.92 Å². The highest BCUT2D eigenvalue weighted by molar-refractivity contribution is 5.99. The first-order chi connectivity index (χ1) is 14.1. The zero-order chi connectivity index (χ0) is 20.2. The molecule has 0 atom stereocenters. The summed E-state index contributed by atoms with van der Waals surface area (Å²) in [6, 6.07) is 9.15. The predicted octanol–water partition coefficient (Wildman–Crippen LogP) is 2.35. The summed E-state index contributed by atoms with van der Waals surface area (Å²) < 4.78 is 16.3. The minimum absolute atomic E-state index is 0.0561. The van der Waals surface area contributed by atoms with Crippen LogP contribution in [0.25, 0.3) is 0 Å². The van der Waals surface area contributed by atoms with Gasteiger partial charge in [0.1, 0.15) is 17.2 Å². The molecule has 0 radical (unpaired) electrons. The zero-order valence-corrected chi connectivity index (χ0v) is 16.2. The van der Waals surface area contributed by atoms with Gasteiger partial charge in [-0.25, -0.2) is 4.98 Å². The molecule has 3 heterocycles. The highest BCUT2D eigenvalue weighted by Gasteiger charge is 2.26. The van der Waals surface area contributed by atoms with Crippen molar-refractivity contribution in [1.82, 2.24) is 9.88 Å². The molecule has 1 saturated heterocycles. The molecule has 1 fully saturated rings. The van der Waals surface area contributed by atoms with Gasteiger partial charge in [0, 0.05) is 19.3 Å². The van der Waals surface area contributed by atoms with Crippen molar-refractivity contribution in [2.75, 3.05) is 38.7 Å². The maximum atomic E-state index is 12.8. The molecule has 2 amide bonds. The first kappa shape index (κ1) is 19.0. The van der Waals surface area contributed by atoms with Crippen LogP contribution >= 0.6 is 0 Å². The van der Waals surface area contributed by atoms with E-state index in [4.69, 9.17) is 14.2 Å². The van der Waals surface area contributed by atoms with Crippen molar-refractivity contribution in [2.45, 2.75) is 12.8 Å². The van der Waals surface area contributed by atoms with Crippen molar-refractivity contribution in [3.8, 4) is 17.4 Å². The molecule has 0 spiro atoms. The molecule has 152 valence electrons. The van der Waals surface area contributed by atoms with Crippen LogP contribution in [0, 0.1) is 5.92 Å². The number of amides is 2. The number of pyridine rings is 1. The number of hydrogen-bond acceptors (Lipinski definition) is 6.